The molecule has 0 saturated heterocycles. The zero-order chi connectivity index (χ0) is 7.94. The van der Waals surface area contributed by atoms with Crippen molar-refractivity contribution in [3.8, 4) is 0 Å². The van der Waals surface area contributed by atoms with Crippen LogP contribution in [0.1, 0.15) is 12.8 Å². The van der Waals surface area contributed by atoms with Crippen LogP contribution in [0.5, 0.6) is 0 Å². The van der Waals surface area contributed by atoms with Crippen LogP contribution in [0.25, 0.3) is 0 Å². The number of hydrogen-bond acceptors (Lipinski definition) is 3. The number of aromatic nitrogens is 3. The van der Waals surface area contributed by atoms with Crippen LogP contribution < -0.4 is 11.1 Å². The molecule has 0 aliphatic heterocycles. The SMILES string of the molecule is [NH]CCCCNc1cnn[nH]1. The molecule has 0 fully saturated rings. The van der Waals surface area contributed by atoms with Gasteiger partial charge in [0.2, 0.25) is 0 Å². The summed E-state index contributed by atoms with van der Waals surface area (Å²) in [5.41, 5.74) is 6.90. The van der Waals surface area contributed by atoms with Gasteiger partial charge in [0, 0.05) is 13.1 Å². The van der Waals surface area contributed by atoms with Crippen LogP contribution in [0.3, 0.4) is 0 Å². The molecule has 0 bridgehead atoms. The second-order valence-electron chi connectivity index (χ2n) is 2.25. The molecule has 61 valence electrons. The van der Waals surface area contributed by atoms with Crippen molar-refractivity contribution in [1.82, 2.24) is 21.1 Å². The Balaban J connectivity index is 2.04. The number of aromatic amines is 1. The van der Waals surface area contributed by atoms with Gasteiger partial charge in [-0.05, 0) is 12.8 Å². The standard InChI is InChI=1S/C6H12N5/c7-3-1-2-4-8-6-5-9-11-10-6/h5,7H,1-4H2,(H2,8,9,10,11). The molecule has 0 aromatic carbocycles. The lowest BCUT2D eigenvalue weighted by molar-refractivity contribution is 0.761. The summed E-state index contributed by atoms with van der Waals surface area (Å²) < 4.78 is 0. The summed E-state index contributed by atoms with van der Waals surface area (Å²) in [5.74, 6) is 0.843. The molecule has 5 heteroatoms. The summed E-state index contributed by atoms with van der Waals surface area (Å²) in [6, 6.07) is 0. The van der Waals surface area contributed by atoms with E-state index in [4.69, 9.17) is 5.73 Å². The fourth-order valence-corrected chi connectivity index (χ4v) is 0.756. The molecule has 0 atom stereocenters. The minimum Gasteiger partial charge on any atom is -0.369 e. The van der Waals surface area contributed by atoms with E-state index < -0.39 is 0 Å². The lowest BCUT2D eigenvalue weighted by Gasteiger charge is -1.99. The summed E-state index contributed by atoms with van der Waals surface area (Å²) in [6.07, 6.45) is 3.60. The molecular weight excluding hydrogens is 142 g/mol. The third kappa shape index (κ3) is 2.99. The van der Waals surface area contributed by atoms with Crippen LogP contribution in [-0.2, 0) is 0 Å². The van der Waals surface area contributed by atoms with Gasteiger partial charge in [0.15, 0.2) is 0 Å². The largest absolute Gasteiger partial charge is 0.369 e. The maximum Gasteiger partial charge on any atom is 0.141 e. The van der Waals surface area contributed by atoms with E-state index in [1.807, 2.05) is 0 Å². The number of anilines is 1. The first kappa shape index (κ1) is 8.00. The van der Waals surface area contributed by atoms with Gasteiger partial charge in [0.05, 0.1) is 6.20 Å². The van der Waals surface area contributed by atoms with Crippen molar-refractivity contribution in [3.05, 3.63) is 6.20 Å². The van der Waals surface area contributed by atoms with E-state index >= 15 is 0 Å². The molecule has 1 aromatic heterocycles. The van der Waals surface area contributed by atoms with Gasteiger partial charge in [0.25, 0.3) is 0 Å². The monoisotopic (exact) mass is 154 g/mol. The van der Waals surface area contributed by atoms with Crippen molar-refractivity contribution in [2.45, 2.75) is 12.8 Å². The average Bonchev–Trinajstić information content (AvgIpc) is 2.50. The van der Waals surface area contributed by atoms with Crippen LogP contribution in [0, 0.1) is 0 Å². The van der Waals surface area contributed by atoms with Gasteiger partial charge in [-0.25, -0.2) is 5.10 Å². The van der Waals surface area contributed by atoms with Gasteiger partial charge in [-0.2, -0.15) is 0 Å². The Labute approximate surface area is 65.4 Å². The Bertz CT molecular complexity index is 171. The number of H-pyrrole nitrogens is 1. The molecular formula is C6H12N5. The molecule has 0 aliphatic carbocycles. The van der Waals surface area contributed by atoms with Crippen LogP contribution in [0.4, 0.5) is 5.82 Å². The highest BCUT2D eigenvalue weighted by molar-refractivity contribution is 5.27. The molecule has 5 nitrogen and oxygen atoms in total. The number of rotatable bonds is 5. The Morgan fingerprint density at radius 3 is 3.09 bits per heavy atom. The quantitative estimate of drug-likeness (QED) is 0.598. The third-order valence-electron chi connectivity index (χ3n) is 1.33. The van der Waals surface area contributed by atoms with Gasteiger partial charge < -0.3 is 5.32 Å². The maximum absolute atomic E-state index is 6.90. The fraction of sp³-hybridized carbons (Fsp3) is 0.667. The molecule has 1 aromatic rings. The van der Waals surface area contributed by atoms with Crippen molar-refractivity contribution in [1.29, 1.82) is 0 Å². The normalized spacial score (nSPS) is 9.91. The highest BCUT2D eigenvalue weighted by Crippen LogP contribution is 1.96. The molecule has 11 heavy (non-hydrogen) atoms. The smallest absolute Gasteiger partial charge is 0.141 e. The van der Waals surface area contributed by atoms with Gasteiger partial charge in [-0.15, -0.1) is 5.10 Å². The van der Waals surface area contributed by atoms with Crippen molar-refractivity contribution in [2.75, 3.05) is 18.4 Å². The zero-order valence-corrected chi connectivity index (χ0v) is 6.30. The number of nitrogens with zero attached hydrogens (tertiary/aromatic N) is 2. The Kier molecular flexibility index (Phi) is 3.40. The van der Waals surface area contributed by atoms with Crippen molar-refractivity contribution in [2.24, 2.45) is 0 Å². The lowest BCUT2D eigenvalue weighted by atomic mass is 10.3. The minimum atomic E-state index is 0.503. The predicted octanol–water partition coefficient (Wildman–Crippen LogP) is 0.280. The molecule has 3 N–H and O–H groups in total. The molecule has 1 radical (unpaired) electrons. The van der Waals surface area contributed by atoms with Gasteiger partial charge in [0.1, 0.15) is 5.82 Å². The first-order chi connectivity index (χ1) is 5.43. The lowest BCUT2D eigenvalue weighted by Crippen LogP contribution is -2.02. The summed E-state index contributed by atoms with van der Waals surface area (Å²) >= 11 is 0. The van der Waals surface area contributed by atoms with E-state index in [1.54, 1.807) is 6.20 Å². The van der Waals surface area contributed by atoms with E-state index in [1.165, 1.54) is 0 Å². The van der Waals surface area contributed by atoms with Crippen molar-refractivity contribution >= 4 is 5.82 Å². The van der Waals surface area contributed by atoms with Gasteiger partial charge in [-0.1, -0.05) is 5.21 Å². The van der Waals surface area contributed by atoms with Crippen molar-refractivity contribution < 1.29 is 0 Å². The van der Waals surface area contributed by atoms with Crippen LogP contribution in [0.2, 0.25) is 0 Å². The summed E-state index contributed by atoms with van der Waals surface area (Å²) in [4.78, 5) is 0. The van der Waals surface area contributed by atoms with E-state index in [9.17, 15) is 0 Å². The fourth-order valence-electron chi connectivity index (χ4n) is 0.756. The van der Waals surface area contributed by atoms with E-state index in [0.717, 1.165) is 25.2 Å². The predicted molar refractivity (Wildman–Crippen MR) is 42.1 cm³/mol. The van der Waals surface area contributed by atoms with E-state index in [0.29, 0.717) is 6.54 Å². The Morgan fingerprint density at radius 2 is 2.45 bits per heavy atom. The highest BCUT2D eigenvalue weighted by Gasteiger charge is 1.90. The highest BCUT2D eigenvalue weighted by atomic mass is 15.3. The zero-order valence-electron chi connectivity index (χ0n) is 6.30. The van der Waals surface area contributed by atoms with E-state index in [2.05, 4.69) is 20.7 Å². The second-order valence-corrected chi connectivity index (χ2v) is 2.25. The summed E-state index contributed by atoms with van der Waals surface area (Å²) in [5, 5.41) is 13.0. The number of nitrogens with one attached hydrogen (secondary N) is 3. The topological polar surface area (TPSA) is 77.4 Å². The minimum absolute atomic E-state index is 0.503. The van der Waals surface area contributed by atoms with Crippen LogP contribution in [-0.4, -0.2) is 28.5 Å². The first-order valence-corrected chi connectivity index (χ1v) is 3.68. The van der Waals surface area contributed by atoms with Crippen LogP contribution in [0.15, 0.2) is 6.20 Å². The van der Waals surface area contributed by atoms with Gasteiger partial charge in [-0.3, -0.25) is 5.73 Å². The third-order valence-corrected chi connectivity index (χ3v) is 1.33. The maximum atomic E-state index is 6.90. The molecule has 0 spiro atoms. The van der Waals surface area contributed by atoms with Crippen molar-refractivity contribution in [3.63, 3.8) is 0 Å². The van der Waals surface area contributed by atoms with Crippen LogP contribution >= 0.6 is 0 Å². The number of hydrogen-bond donors (Lipinski definition) is 2. The summed E-state index contributed by atoms with van der Waals surface area (Å²) in [6.45, 7) is 1.38. The molecule has 1 rings (SSSR count). The Morgan fingerprint density at radius 1 is 1.55 bits per heavy atom. The molecule has 0 aliphatic rings. The molecule has 0 unspecified atom stereocenters. The molecule has 1 heterocycles. The Hall–Kier alpha value is -1.10. The first-order valence-electron chi connectivity index (χ1n) is 3.68. The summed E-state index contributed by atoms with van der Waals surface area (Å²) in [7, 11) is 0. The number of unbranched alkanes of at least 4 members (excludes halogenated alkanes) is 1. The van der Waals surface area contributed by atoms with Gasteiger partial charge >= 0.3 is 0 Å². The second kappa shape index (κ2) is 4.68. The van der Waals surface area contributed by atoms with E-state index in [-0.39, 0.29) is 0 Å². The molecule has 0 amide bonds. The average molecular weight is 154 g/mol. The molecule has 0 saturated carbocycles.